The van der Waals surface area contributed by atoms with Crippen molar-refractivity contribution in [2.24, 2.45) is 0 Å². The summed E-state index contributed by atoms with van der Waals surface area (Å²) in [6, 6.07) is 15.7. The van der Waals surface area contributed by atoms with Gasteiger partial charge in [-0.25, -0.2) is 4.79 Å². The second-order valence-electron chi connectivity index (χ2n) is 8.25. The molecule has 200 valence electrons. The fourth-order valence-corrected chi connectivity index (χ4v) is 5.38. The number of carboxylic acids is 1. The maximum absolute atomic E-state index is 13.0. The molecule has 1 aliphatic heterocycles. The fourth-order valence-electron chi connectivity index (χ4n) is 3.76. The van der Waals surface area contributed by atoms with E-state index in [1.165, 1.54) is 30.3 Å². The van der Waals surface area contributed by atoms with Gasteiger partial charge in [-0.2, -0.15) is 0 Å². The number of carbonyl (C=O) groups excluding carboxylic acids is 2. The number of aromatic carboxylic acids is 1. The molecule has 0 spiro atoms. The molecule has 3 aromatic carbocycles. The van der Waals surface area contributed by atoms with Crippen LogP contribution in [-0.4, -0.2) is 38.7 Å². The number of imide groups is 1. The van der Waals surface area contributed by atoms with Gasteiger partial charge in [0.2, 0.25) is 0 Å². The second kappa shape index (κ2) is 12.3. The Balaban J connectivity index is 1.55. The number of ether oxygens (including phenoxy) is 2. The van der Waals surface area contributed by atoms with E-state index in [-0.39, 0.29) is 29.3 Å². The number of nitro benzene ring substituents is 1. The lowest BCUT2D eigenvalue weighted by Gasteiger charge is -2.15. The van der Waals surface area contributed by atoms with Gasteiger partial charge in [-0.05, 0) is 88.3 Å². The third kappa shape index (κ3) is 6.75. The van der Waals surface area contributed by atoms with Crippen molar-refractivity contribution in [3.8, 4) is 11.5 Å². The Kier molecular flexibility index (Phi) is 8.86. The van der Waals surface area contributed by atoms with Crippen molar-refractivity contribution in [1.29, 1.82) is 0 Å². The normalized spacial score (nSPS) is 14.1. The van der Waals surface area contributed by atoms with E-state index in [4.69, 9.17) is 9.47 Å². The van der Waals surface area contributed by atoms with Gasteiger partial charge in [-0.15, -0.1) is 0 Å². The summed E-state index contributed by atoms with van der Waals surface area (Å²) < 4.78 is 12.5. The van der Waals surface area contributed by atoms with Crippen molar-refractivity contribution in [3.05, 3.63) is 102 Å². The van der Waals surface area contributed by atoms with Crippen LogP contribution in [0.2, 0.25) is 0 Å². The van der Waals surface area contributed by atoms with Crippen LogP contribution in [-0.2, 0) is 17.9 Å². The van der Waals surface area contributed by atoms with Gasteiger partial charge in [0, 0.05) is 12.1 Å². The van der Waals surface area contributed by atoms with Crippen LogP contribution in [0.15, 0.2) is 65.6 Å². The number of rotatable bonds is 10. The predicted octanol–water partition coefficient (Wildman–Crippen LogP) is 6.11. The third-order valence-corrected chi connectivity index (χ3v) is 7.23. The zero-order valence-electron chi connectivity index (χ0n) is 20.5. The number of nitrogens with zero attached hydrogens (tertiary/aromatic N) is 2. The Labute approximate surface area is 240 Å². The molecule has 4 rings (SSSR count). The molecule has 0 aliphatic carbocycles. The summed E-state index contributed by atoms with van der Waals surface area (Å²) in [4.78, 5) is 48.7. The van der Waals surface area contributed by atoms with Gasteiger partial charge in [0.05, 0.1) is 32.1 Å². The summed E-state index contributed by atoms with van der Waals surface area (Å²) in [5.74, 6) is -0.627. The number of non-ortho nitro benzene ring substituents is 1. The van der Waals surface area contributed by atoms with Gasteiger partial charge in [0.1, 0.15) is 6.61 Å². The molecule has 0 radical (unpaired) electrons. The minimum atomic E-state index is -1.03. The molecule has 1 aliphatic rings. The lowest BCUT2D eigenvalue weighted by atomic mass is 10.1. The maximum atomic E-state index is 13.0. The molecule has 1 N–H and O–H groups in total. The molecule has 2 amide bonds. The highest BCUT2D eigenvalue weighted by Gasteiger charge is 2.35. The average Bonchev–Trinajstić information content (AvgIpc) is 3.16. The van der Waals surface area contributed by atoms with Crippen molar-refractivity contribution in [2.75, 3.05) is 6.61 Å². The van der Waals surface area contributed by atoms with E-state index < -0.39 is 22.0 Å². The molecule has 3 aromatic rings. The van der Waals surface area contributed by atoms with Crippen molar-refractivity contribution >= 4 is 63.2 Å². The summed E-state index contributed by atoms with van der Waals surface area (Å²) in [6.07, 6.45) is 1.59. The van der Waals surface area contributed by atoms with Crippen LogP contribution in [0.5, 0.6) is 11.5 Å². The molecule has 1 saturated heterocycles. The molecule has 1 fully saturated rings. The Hall–Kier alpha value is -3.91. The van der Waals surface area contributed by atoms with Crippen LogP contribution in [0, 0.1) is 13.7 Å². The van der Waals surface area contributed by atoms with E-state index in [0.717, 1.165) is 16.7 Å². The molecule has 0 bridgehead atoms. The summed E-state index contributed by atoms with van der Waals surface area (Å²) in [5, 5.41) is 19.8. The van der Waals surface area contributed by atoms with Gasteiger partial charge >= 0.3 is 5.97 Å². The standard InChI is InChI=1S/C27H21IN2O8S/c1-2-37-22-12-18(11-21(28)24(22)38-15-17-6-3-7-19(9-17)26(32)33)13-23-25(31)29(27(34)39-23)14-16-5-4-8-20(10-16)30(35)36/h3-13H,2,14-15H2,1H3,(H,32,33). The number of thioether (sulfide) groups is 1. The van der Waals surface area contributed by atoms with Crippen molar-refractivity contribution in [3.63, 3.8) is 0 Å². The van der Waals surface area contributed by atoms with Crippen LogP contribution in [0.3, 0.4) is 0 Å². The first-order valence-electron chi connectivity index (χ1n) is 11.6. The van der Waals surface area contributed by atoms with E-state index in [1.807, 2.05) is 6.92 Å². The highest BCUT2D eigenvalue weighted by atomic mass is 127. The number of benzene rings is 3. The van der Waals surface area contributed by atoms with Crippen LogP contribution < -0.4 is 9.47 Å². The van der Waals surface area contributed by atoms with Crippen LogP contribution in [0.25, 0.3) is 6.08 Å². The Morgan fingerprint density at radius 3 is 2.56 bits per heavy atom. The van der Waals surface area contributed by atoms with Crippen molar-refractivity contribution in [2.45, 2.75) is 20.1 Å². The Morgan fingerprint density at radius 2 is 1.85 bits per heavy atom. The lowest BCUT2D eigenvalue weighted by Crippen LogP contribution is -2.27. The largest absolute Gasteiger partial charge is 0.490 e. The summed E-state index contributed by atoms with van der Waals surface area (Å²) in [7, 11) is 0. The zero-order valence-corrected chi connectivity index (χ0v) is 23.4. The van der Waals surface area contributed by atoms with Gasteiger partial charge in [-0.3, -0.25) is 24.6 Å². The number of hydrogen-bond acceptors (Lipinski definition) is 8. The maximum Gasteiger partial charge on any atom is 0.335 e. The van der Waals surface area contributed by atoms with E-state index in [1.54, 1.807) is 36.4 Å². The molecule has 0 atom stereocenters. The monoisotopic (exact) mass is 660 g/mol. The molecular weight excluding hydrogens is 639 g/mol. The Bertz CT molecular complexity index is 1510. The fraction of sp³-hybridized carbons (Fsp3) is 0.148. The topological polar surface area (TPSA) is 136 Å². The molecule has 0 saturated carbocycles. The number of carbonyl (C=O) groups is 3. The average molecular weight is 660 g/mol. The number of hydrogen-bond donors (Lipinski definition) is 1. The smallest absolute Gasteiger partial charge is 0.335 e. The molecule has 39 heavy (non-hydrogen) atoms. The van der Waals surface area contributed by atoms with Crippen molar-refractivity contribution in [1.82, 2.24) is 4.90 Å². The number of carboxylic acid groups (broad SMARTS) is 1. The molecule has 1 heterocycles. The summed E-state index contributed by atoms with van der Waals surface area (Å²) in [6.45, 7) is 2.21. The third-order valence-electron chi connectivity index (χ3n) is 5.52. The van der Waals surface area contributed by atoms with E-state index in [2.05, 4.69) is 22.6 Å². The summed E-state index contributed by atoms with van der Waals surface area (Å²) in [5.41, 5.74) is 1.80. The van der Waals surface area contributed by atoms with Crippen LogP contribution >= 0.6 is 34.4 Å². The minimum Gasteiger partial charge on any atom is -0.490 e. The van der Waals surface area contributed by atoms with E-state index >= 15 is 0 Å². The zero-order chi connectivity index (χ0) is 28.1. The minimum absolute atomic E-state index is 0.0821. The van der Waals surface area contributed by atoms with Crippen molar-refractivity contribution < 1.29 is 33.9 Å². The molecule has 0 unspecified atom stereocenters. The first-order valence-corrected chi connectivity index (χ1v) is 13.5. The van der Waals surface area contributed by atoms with Gasteiger partial charge < -0.3 is 14.6 Å². The first kappa shape index (κ1) is 28.1. The second-order valence-corrected chi connectivity index (χ2v) is 10.4. The highest BCUT2D eigenvalue weighted by Crippen LogP contribution is 2.38. The quantitative estimate of drug-likeness (QED) is 0.118. The molecule has 12 heteroatoms. The van der Waals surface area contributed by atoms with Crippen LogP contribution in [0.1, 0.15) is 34.0 Å². The lowest BCUT2D eigenvalue weighted by molar-refractivity contribution is -0.384. The SMILES string of the molecule is CCOc1cc(C=C2SC(=O)N(Cc3cccc([N+](=O)[O-])c3)C2=O)cc(I)c1OCc1cccc(C(=O)O)c1. The predicted molar refractivity (Wildman–Crippen MR) is 153 cm³/mol. The van der Waals surface area contributed by atoms with Gasteiger partial charge in [-0.1, -0.05) is 24.3 Å². The van der Waals surface area contributed by atoms with E-state index in [0.29, 0.717) is 38.4 Å². The molecule has 0 aromatic heterocycles. The first-order chi connectivity index (χ1) is 18.7. The van der Waals surface area contributed by atoms with Gasteiger partial charge in [0.15, 0.2) is 11.5 Å². The molecular formula is C27H21IN2O8S. The van der Waals surface area contributed by atoms with Gasteiger partial charge in [0.25, 0.3) is 16.8 Å². The van der Waals surface area contributed by atoms with Crippen LogP contribution in [0.4, 0.5) is 10.5 Å². The number of amides is 2. The summed E-state index contributed by atoms with van der Waals surface area (Å²) >= 11 is 2.87. The number of halogens is 1. The Morgan fingerprint density at radius 1 is 1.10 bits per heavy atom. The number of nitro groups is 1. The molecule has 10 nitrogen and oxygen atoms in total. The van der Waals surface area contributed by atoms with E-state index in [9.17, 15) is 29.6 Å². The highest BCUT2D eigenvalue weighted by molar-refractivity contribution is 14.1.